The lowest BCUT2D eigenvalue weighted by Gasteiger charge is -2.19. The SMILES string of the molecule is NC1=C(c2cc(Cl)c(Br)cc2N)CCOC1. The van der Waals surface area contributed by atoms with E-state index in [1.165, 1.54) is 0 Å². The molecule has 5 heteroatoms. The third-order valence-electron chi connectivity index (χ3n) is 2.56. The first-order valence-corrected chi connectivity index (χ1v) is 6.07. The van der Waals surface area contributed by atoms with Crippen LogP contribution in [-0.4, -0.2) is 13.2 Å². The van der Waals surface area contributed by atoms with Crippen LogP contribution in [0.5, 0.6) is 0 Å². The van der Waals surface area contributed by atoms with Crippen molar-refractivity contribution >= 4 is 38.8 Å². The van der Waals surface area contributed by atoms with Crippen LogP contribution in [-0.2, 0) is 4.74 Å². The molecular formula is C11H12BrClN2O. The molecule has 4 N–H and O–H groups in total. The lowest BCUT2D eigenvalue weighted by Crippen LogP contribution is -2.17. The molecule has 0 fully saturated rings. The second kappa shape index (κ2) is 4.65. The molecule has 1 heterocycles. The van der Waals surface area contributed by atoms with Crippen molar-refractivity contribution in [2.24, 2.45) is 5.73 Å². The van der Waals surface area contributed by atoms with E-state index in [1.807, 2.05) is 6.07 Å². The Balaban J connectivity index is 2.51. The summed E-state index contributed by atoms with van der Waals surface area (Å²) in [5.41, 5.74) is 15.2. The van der Waals surface area contributed by atoms with Gasteiger partial charge in [0.15, 0.2) is 0 Å². The quantitative estimate of drug-likeness (QED) is 0.784. The number of ether oxygens (including phenoxy) is 1. The summed E-state index contributed by atoms with van der Waals surface area (Å²) in [6.07, 6.45) is 0.772. The van der Waals surface area contributed by atoms with Gasteiger partial charge in [-0.25, -0.2) is 0 Å². The summed E-state index contributed by atoms with van der Waals surface area (Å²) in [6.45, 7) is 1.13. The molecule has 1 aromatic rings. The Kier molecular flexibility index (Phi) is 3.42. The molecule has 0 bridgehead atoms. The van der Waals surface area contributed by atoms with Crippen LogP contribution in [0.25, 0.3) is 5.57 Å². The smallest absolute Gasteiger partial charge is 0.0863 e. The third-order valence-corrected chi connectivity index (χ3v) is 3.76. The summed E-state index contributed by atoms with van der Waals surface area (Å²) in [7, 11) is 0. The molecule has 0 saturated carbocycles. The first kappa shape index (κ1) is 11.8. The van der Waals surface area contributed by atoms with E-state index >= 15 is 0 Å². The predicted octanol–water partition coefficient (Wildman–Crippen LogP) is 2.77. The fraction of sp³-hybridized carbons (Fsp3) is 0.273. The summed E-state index contributed by atoms with van der Waals surface area (Å²) in [5, 5.41) is 0.635. The number of hydrogen-bond donors (Lipinski definition) is 2. The summed E-state index contributed by atoms with van der Waals surface area (Å²) < 4.78 is 6.05. The number of nitrogens with two attached hydrogens (primary N) is 2. The van der Waals surface area contributed by atoms with Gasteiger partial charge in [-0.2, -0.15) is 0 Å². The van der Waals surface area contributed by atoms with Gasteiger partial charge in [0, 0.05) is 21.4 Å². The Labute approximate surface area is 108 Å². The summed E-state index contributed by atoms with van der Waals surface area (Å²) in [5.74, 6) is 0. The average Bonchev–Trinajstić information content (AvgIpc) is 2.25. The predicted molar refractivity (Wildman–Crippen MR) is 70.1 cm³/mol. The molecular weight excluding hydrogens is 291 g/mol. The molecule has 0 aromatic heterocycles. The minimum Gasteiger partial charge on any atom is -0.400 e. The summed E-state index contributed by atoms with van der Waals surface area (Å²) in [4.78, 5) is 0. The maximum atomic E-state index is 6.06. The van der Waals surface area contributed by atoms with E-state index in [-0.39, 0.29) is 0 Å². The number of rotatable bonds is 1. The molecule has 86 valence electrons. The summed E-state index contributed by atoms with van der Waals surface area (Å²) in [6, 6.07) is 3.64. The molecule has 1 aliphatic rings. The fourth-order valence-corrected chi connectivity index (χ4v) is 2.26. The Morgan fingerprint density at radius 1 is 1.31 bits per heavy atom. The Morgan fingerprint density at radius 3 is 2.75 bits per heavy atom. The first-order chi connectivity index (χ1) is 7.59. The number of hydrogen-bond acceptors (Lipinski definition) is 3. The van der Waals surface area contributed by atoms with Gasteiger partial charge in [-0.1, -0.05) is 11.6 Å². The van der Waals surface area contributed by atoms with E-state index in [4.69, 9.17) is 27.8 Å². The highest BCUT2D eigenvalue weighted by atomic mass is 79.9. The van der Waals surface area contributed by atoms with Crippen molar-refractivity contribution in [2.75, 3.05) is 18.9 Å². The van der Waals surface area contributed by atoms with E-state index < -0.39 is 0 Å². The largest absolute Gasteiger partial charge is 0.400 e. The van der Waals surface area contributed by atoms with Crippen molar-refractivity contribution in [3.05, 3.63) is 32.9 Å². The normalized spacial score (nSPS) is 16.6. The van der Waals surface area contributed by atoms with Gasteiger partial charge in [0.1, 0.15) is 0 Å². The molecule has 0 radical (unpaired) electrons. The third kappa shape index (κ3) is 2.19. The van der Waals surface area contributed by atoms with Gasteiger partial charge in [-0.05, 0) is 40.1 Å². The van der Waals surface area contributed by atoms with E-state index in [1.54, 1.807) is 6.07 Å². The lowest BCUT2D eigenvalue weighted by atomic mass is 9.98. The maximum Gasteiger partial charge on any atom is 0.0863 e. The Bertz CT molecular complexity index is 460. The number of nitrogen functional groups attached to an aromatic ring is 1. The van der Waals surface area contributed by atoms with Crippen molar-refractivity contribution in [3.8, 4) is 0 Å². The van der Waals surface area contributed by atoms with E-state index in [0.29, 0.717) is 23.9 Å². The van der Waals surface area contributed by atoms with Crippen LogP contribution >= 0.6 is 27.5 Å². The van der Waals surface area contributed by atoms with Gasteiger partial charge >= 0.3 is 0 Å². The monoisotopic (exact) mass is 302 g/mol. The highest BCUT2D eigenvalue weighted by molar-refractivity contribution is 9.10. The van der Waals surface area contributed by atoms with Gasteiger partial charge in [-0.3, -0.25) is 0 Å². The Hall–Kier alpha value is -0.710. The topological polar surface area (TPSA) is 61.3 Å². The van der Waals surface area contributed by atoms with Crippen molar-refractivity contribution in [1.29, 1.82) is 0 Å². The fourth-order valence-electron chi connectivity index (χ4n) is 1.74. The molecule has 0 spiro atoms. The Morgan fingerprint density at radius 2 is 2.06 bits per heavy atom. The van der Waals surface area contributed by atoms with E-state index in [9.17, 15) is 0 Å². The highest BCUT2D eigenvalue weighted by Crippen LogP contribution is 2.34. The highest BCUT2D eigenvalue weighted by Gasteiger charge is 2.16. The zero-order valence-electron chi connectivity index (χ0n) is 8.59. The van der Waals surface area contributed by atoms with Gasteiger partial charge < -0.3 is 16.2 Å². The number of benzene rings is 1. The maximum absolute atomic E-state index is 6.06. The zero-order valence-corrected chi connectivity index (χ0v) is 10.9. The molecule has 3 nitrogen and oxygen atoms in total. The van der Waals surface area contributed by atoms with Crippen molar-refractivity contribution in [3.63, 3.8) is 0 Å². The zero-order chi connectivity index (χ0) is 11.7. The van der Waals surface area contributed by atoms with Crippen LogP contribution in [0.15, 0.2) is 22.3 Å². The number of halogens is 2. The van der Waals surface area contributed by atoms with Crippen molar-refractivity contribution in [1.82, 2.24) is 0 Å². The van der Waals surface area contributed by atoms with Crippen LogP contribution in [0.1, 0.15) is 12.0 Å². The van der Waals surface area contributed by atoms with E-state index in [0.717, 1.165) is 27.7 Å². The molecule has 0 unspecified atom stereocenters. The lowest BCUT2D eigenvalue weighted by molar-refractivity contribution is 0.153. The van der Waals surface area contributed by atoms with Crippen molar-refractivity contribution < 1.29 is 4.74 Å². The van der Waals surface area contributed by atoms with Crippen LogP contribution < -0.4 is 11.5 Å². The van der Waals surface area contributed by atoms with Gasteiger partial charge in [0.2, 0.25) is 0 Å². The van der Waals surface area contributed by atoms with Gasteiger partial charge in [0.25, 0.3) is 0 Å². The molecule has 0 aliphatic carbocycles. The molecule has 2 rings (SSSR count). The first-order valence-electron chi connectivity index (χ1n) is 4.89. The summed E-state index contributed by atoms with van der Waals surface area (Å²) >= 11 is 9.39. The standard InChI is InChI=1S/C11H12BrClN2O/c12-8-4-10(14)7(3-9(8)13)6-1-2-16-5-11(6)15/h3-4H,1-2,5,14-15H2. The van der Waals surface area contributed by atoms with E-state index in [2.05, 4.69) is 15.9 Å². The minimum absolute atomic E-state index is 0.461. The molecule has 0 amide bonds. The molecule has 0 atom stereocenters. The molecule has 1 aliphatic heterocycles. The van der Waals surface area contributed by atoms with Crippen LogP contribution in [0.3, 0.4) is 0 Å². The second-order valence-electron chi connectivity index (χ2n) is 3.66. The minimum atomic E-state index is 0.461. The van der Waals surface area contributed by atoms with Crippen molar-refractivity contribution in [2.45, 2.75) is 6.42 Å². The van der Waals surface area contributed by atoms with Gasteiger partial charge in [-0.15, -0.1) is 0 Å². The molecule has 1 aromatic carbocycles. The van der Waals surface area contributed by atoms with Crippen LogP contribution in [0, 0.1) is 0 Å². The number of anilines is 1. The van der Waals surface area contributed by atoms with Crippen LogP contribution in [0.4, 0.5) is 5.69 Å². The van der Waals surface area contributed by atoms with Gasteiger partial charge in [0.05, 0.1) is 18.2 Å². The molecule has 16 heavy (non-hydrogen) atoms. The average molecular weight is 304 g/mol. The molecule has 0 saturated heterocycles. The second-order valence-corrected chi connectivity index (χ2v) is 4.92. The van der Waals surface area contributed by atoms with Crippen LogP contribution in [0.2, 0.25) is 5.02 Å².